The molecule has 6 aromatic rings. The van der Waals surface area contributed by atoms with E-state index in [2.05, 4.69) is 135 Å². The van der Waals surface area contributed by atoms with Gasteiger partial charge in [0.2, 0.25) is 0 Å². The SMILES string of the molecule is C.CC.CC.CC.CC.CC(C)(C)[O-].CN(C)Cc1ccc2c(c1)sc1ccc(CN(C)C)cc12.CN(C)Cc1ccc2sc3cc(CCl)ccc3c2c1.CNC.[Na+]. The van der Waals surface area contributed by atoms with E-state index in [-0.39, 0.29) is 37.0 Å². The van der Waals surface area contributed by atoms with Gasteiger partial charge in [-0.15, -0.1) is 39.9 Å². The van der Waals surface area contributed by atoms with Crippen LogP contribution in [0.1, 0.15) is 106 Å². The van der Waals surface area contributed by atoms with Crippen LogP contribution in [0.3, 0.4) is 0 Å². The van der Waals surface area contributed by atoms with E-state index in [4.69, 9.17) is 11.6 Å². The minimum absolute atomic E-state index is 0. The number of rotatable bonds is 7. The summed E-state index contributed by atoms with van der Waals surface area (Å²) in [5.41, 5.74) is 4.56. The first-order valence-corrected chi connectivity index (χ1v) is 22.5. The zero-order chi connectivity index (χ0) is 43.6. The third-order valence-electron chi connectivity index (χ3n) is 6.85. The average molecular weight is 866 g/mol. The normalized spacial score (nSPS) is 10.0. The summed E-state index contributed by atoms with van der Waals surface area (Å²) in [4.78, 5) is 6.62. The van der Waals surface area contributed by atoms with E-state index < -0.39 is 5.60 Å². The van der Waals surface area contributed by atoms with E-state index in [1.807, 2.05) is 92.2 Å². The van der Waals surface area contributed by atoms with Crippen LogP contribution in [0.2, 0.25) is 0 Å². The van der Waals surface area contributed by atoms with Crippen molar-refractivity contribution in [2.45, 2.75) is 115 Å². The predicted octanol–water partition coefficient (Wildman–Crippen LogP) is 10.8. The van der Waals surface area contributed by atoms with Crippen LogP contribution in [0.4, 0.5) is 0 Å². The molecule has 9 heteroatoms. The Morgan fingerprint density at radius 2 is 0.759 bits per heavy atom. The van der Waals surface area contributed by atoms with Gasteiger partial charge in [-0.05, 0) is 115 Å². The molecule has 0 aliphatic rings. The second-order valence-electron chi connectivity index (χ2n) is 14.0. The van der Waals surface area contributed by atoms with Gasteiger partial charge in [0.05, 0.1) is 0 Å². The van der Waals surface area contributed by atoms with E-state index >= 15 is 0 Å². The first-order chi connectivity index (χ1) is 26.6. The van der Waals surface area contributed by atoms with Crippen LogP contribution in [0, 0.1) is 0 Å². The number of nitrogens with one attached hydrogen (secondary N) is 1. The van der Waals surface area contributed by atoms with Crippen LogP contribution in [-0.2, 0) is 25.5 Å². The van der Waals surface area contributed by atoms with Crippen molar-refractivity contribution in [1.82, 2.24) is 20.0 Å². The van der Waals surface area contributed by atoms with E-state index in [9.17, 15) is 5.11 Å². The van der Waals surface area contributed by atoms with Gasteiger partial charge in [0, 0.05) is 65.9 Å². The Bertz CT molecular complexity index is 1890. The van der Waals surface area contributed by atoms with Crippen LogP contribution in [-0.4, -0.2) is 76.7 Å². The second kappa shape index (κ2) is 35.1. The second-order valence-corrected chi connectivity index (χ2v) is 16.4. The summed E-state index contributed by atoms with van der Waals surface area (Å²) >= 11 is 9.65. The molecular formula is C49H82ClN4NaOS2. The standard InChI is InChI=1S/C18H22N2S.C16H16ClNS.C4H9O.C2H7N.4C2H6.CH4.Na/c1-19(2)11-13-6-8-17-16(9-13)15-7-5-14(12-20(3)4)10-18(15)21-17;1-18(2)10-12-4-6-15-14(7-12)13-5-3-11(9-17)8-16(13)19-15;1-4(2,3)5;1-3-2;4*1-2;;/h5-10H,11-12H2,1-4H3;3-8H,9-10H2,1-2H3;1-3H3;3H,1-2H3;4*1-2H3;1H4;/q;;-1;;;;;;;+1. The first kappa shape index (κ1) is 63.1. The summed E-state index contributed by atoms with van der Waals surface area (Å²) in [7, 11) is 16.4. The van der Waals surface area contributed by atoms with Gasteiger partial charge < -0.3 is 25.1 Å². The number of halogens is 1. The number of fused-ring (bicyclic) bond motifs is 6. The van der Waals surface area contributed by atoms with E-state index in [1.54, 1.807) is 20.8 Å². The summed E-state index contributed by atoms with van der Waals surface area (Å²) < 4.78 is 5.46. The Labute approximate surface area is 392 Å². The molecule has 0 unspecified atom stereocenters. The Morgan fingerprint density at radius 1 is 0.500 bits per heavy atom. The van der Waals surface area contributed by atoms with Gasteiger partial charge >= 0.3 is 29.6 Å². The first-order valence-electron chi connectivity index (χ1n) is 20.3. The maximum Gasteiger partial charge on any atom is 1.00 e. The fraction of sp³-hybridized carbons (Fsp3) is 0.510. The van der Waals surface area contributed by atoms with Crippen molar-refractivity contribution < 1.29 is 34.7 Å². The average Bonchev–Trinajstić information content (AvgIpc) is 3.70. The summed E-state index contributed by atoms with van der Waals surface area (Å²) in [6.45, 7) is 23.9. The van der Waals surface area contributed by atoms with Gasteiger partial charge in [-0.2, -0.15) is 0 Å². The van der Waals surface area contributed by atoms with Crippen LogP contribution in [0.25, 0.3) is 40.3 Å². The molecule has 0 saturated carbocycles. The molecule has 1 N–H and O–H groups in total. The molecule has 0 aliphatic carbocycles. The fourth-order valence-corrected chi connectivity index (χ4v) is 7.68. The van der Waals surface area contributed by atoms with E-state index in [0.29, 0.717) is 5.88 Å². The monoisotopic (exact) mass is 865 g/mol. The molecule has 324 valence electrons. The number of hydrogen-bond donors (Lipinski definition) is 1. The van der Waals surface area contributed by atoms with Crippen molar-refractivity contribution in [1.29, 1.82) is 0 Å². The molecule has 6 rings (SSSR count). The van der Waals surface area contributed by atoms with Gasteiger partial charge in [0.1, 0.15) is 0 Å². The summed E-state index contributed by atoms with van der Waals surface area (Å²) in [5, 5.41) is 18.3. The van der Waals surface area contributed by atoms with Gasteiger partial charge in [0.15, 0.2) is 0 Å². The van der Waals surface area contributed by atoms with Crippen molar-refractivity contribution in [3.8, 4) is 0 Å². The van der Waals surface area contributed by atoms with Crippen molar-refractivity contribution in [3.05, 3.63) is 95.1 Å². The Hall–Kier alpha value is -1.59. The molecule has 0 fully saturated rings. The maximum atomic E-state index is 10.1. The molecule has 2 aromatic heterocycles. The number of nitrogens with zero attached hydrogens (tertiary/aromatic N) is 3. The molecule has 0 saturated heterocycles. The molecule has 0 aliphatic heterocycles. The minimum Gasteiger partial charge on any atom is -0.850 e. The minimum atomic E-state index is -0.750. The van der Waals surface area contributed by atoms with Gasteiger partial charge in [-0.1, -0.05) is 120 Å². The van der Waals surface area contributed by atoms with Crippen molar-refractivity contribution in [2.75, 3.05) is 56.4 Å². The van der Waals surface area contributed by atoms with Crippen LogP contribution < -0.4 is 40.0 Å². The molecule has 58 heavy (non-hydrogen) atoms. The summed E-state index contributed by atoms with van der Waals surface area (Å²) in [6, 6.07) is 27.0. The number of hydrogen-bond acceptors (Lipinski definition) is 7. The predicted molar refractivity (Wildman–Crippen MR) is 267 cm³/mol. The Kier molecular flexibility index (Phi) is 38.1. The third-order valence-corrected chi connectivity index (χ3v) is 9.43. The van der Waals surface area contributed by atoms with Gasteiger partial charge in [-0.25, -0.2) is 0 Å². The number of thiophene rings is 2. The summed E-state index contributed by atoms with van der Waals surface area (Å²) in [6.07, 6.45) is 0. The molecule has 0 atom stereocenters. The quantitative estimate of drug-likeness (QED) is 0.128. The molecule has 2 heterocycles. The smallest absolute Gasteiger partial charge is 0.850 e. The third kappa shape index (κ3) is 24.0. The van der Waals surface area contributed by atoms with E-state index in [0.717, 1.165) is 19.6 Å². The van der Waals surface area contributed by atoms with Crippen molar-refractivity contribution in [3.63, 3.8) is 0 Å². The Morgan fingerprint density at radius 3 is 1.05 bits per heavy atom. The molecule has 4 aromatic carbocycles. The van der Waals surface area contributed by atoms with Crippen LogP contribution >= 0.6 is 34.3 Å². The van der Waals surface area contributed by atoms with Crippen molar-refractivity contribution >= 4 is 74.6 Å². The van der Waals surface area contributed by atoms with Gasteiger partial charge in [-0.3, -0.25) is 0 Å². The molecular weight excluding hydrogens is 783 g/mol. The zero-order valence-electron chi connectivity index (χ0n) is 39.7. The largest absolute Gasteiger partial charge is 1.00 e. The maximum absolute atomic E-state index is 10.1. The Balaban J connectivity index is -0.000000363. The molecule has 0 amide bonds. The summed E-state index contributed by atoms with van der Waals surface area (Å²) in [5.74, 6) is 0.579. The molecule has 5 nitrogen and oxygen atoms in total. The number of alkyl halides is 1. The van der Waals surface area contributed by atoms with E-state index in [1.165, 1.54) is 62.6 Å². The van der Waals surface area contributed by atoms with Crippen LogP contribution in [0.5, 0.6) is 0 Å². The van der Waals surface area contributed by atoms with Gasteiger partial charge in [0.25, 0.3) is 0 Å². The topological polar surface area (TPSA) is 44.8 Å². The van der Waals surface area contributed by atoms with Crippen molar-refractivity contribution in [2.24, 2.45) is 0 Å². The number of benzene rings is 4. The molecule has 0 spiro atoms. The molecule has 0 bridgehead atoms. The zero-order valence-corrected chi connectivity index (χ0v) is 44.1. The molecule has 0 radical (unpaired) electrons. The van der Waals surface area contributed by atoms with Crippen LogP contribution in [0.15, 0.2) is 72.8 Å². The fourth-order valence-electron chi connectivity index (χ4n) is 5.21.